The van der Waals surface area contributed by atoms with Crippen LogP contribution < -0.4 is 20.4 Å². The van der Waals surface area contributed by atoms with Crippen molar-refractivity contribution >= 4 is 39.9 Å². The third-order valence-electron chi connectivity index (χ3n) is 5.35. The summed E-state index contributed by atoms with van der Waals surface area (Å²) in [5.74, 6) is -2.21. The molecule has 0 aliphatic carbocycles. The van der Waals surface area contributed by atoms with E-state index in [0.717, 1.165) is 37.0 Å². The number of piperazine rings is 1. The average Bonchev–Trinajstić information content (AvgIpc) is 3.28. The zero-order chi connectivity index (χ0) is 24.7. The molecule has 34 heavy (non-hydrogen) atoms. The fraction of sp³-hybridized carbons (Fsp3) is 0.500. The van der Waals surface area contributed by atoms with E-state index in [4.69, 9.17) is 9.72 Å². The molecule has 12 heteroatoms. The Kier molecular flexibility index (Phi) is 8.77. The van der Waals surface area contributed by atoms with Gasteiger partial charge in [-0.3, -0.25) is 14.6 Å². The molecule has 1 atom stereocenters. The molecule has 3 heterocycles. The summed E-state index contributed by atoms with van der Waals surface area (Å²) in [4.78, 5) is 49.8. The lowest BCUT2D eigenvalue weighted by Crippen LogP contribution is -2.49. The molecule has 11 nitrogen and oxygen atoms in total. The van der Waals surface area contributed by atoms with Crippen LogP contribution in [0, 0.1) is 0 Å². The SMILES string of the molecule is COCC(=O)NC(CNC(=O)c1sc(N2CCN(c3ccncc3)CC2)nc1C(C)C)C(=O)O. The second-order valence-corrected chi connectivity index (χ2v) is 9.12. The van der Waals surface area contributed by atoms with Gasteiger partial charge in [-0.25, -0.2) is 9.78 Å². The number of aromatic nitrogens is 2. The molecule has 1 saturated heterocycles. The number of hydrogen-bond donors (Lipinski definition) is 3. The quantitative estimate of drug-likeness (QED) is 0.444. The highest BCUT2D eigenvalue weighted by molar-refractivity contribution is 7.17. The number of amides is 2. The lowest BCUT2D eigenvalue weighted by Gasteiger charge is -2.35. The van der Waals surface area contributed by atoms with E-state index < -0.39 is 23.8 Å². The highest BCUT2D eigenvalue weighted by Gasteiger charge is 2.27. The number of rotatable bonds is 10. The summed E-state index contributed by atoms with van der Waals surface area (Å²) >= 11 is 1.30. The number of pyridine rings is 1. The molecule has 1 unspecified atom stereocenters. The Morgan fingerprint density at radius 2 is 1.79 bits per heavy atom. The number of ether oxygens (including phenoxy) is 1. The molecule has 1 fully saturated rings. The van der Waals surface area contributed by atoms with Crippen LogP contribution in [0.2, 0.25) is 0 Å². The molecule has 0 spiro atoms. The topological polar surface area (TPSA) is 137 Å². The Hall–Kier alpha value is -3.25. The minimum atomic E-state index is -1.26. The van der Waals surface area contributed by atoms with Gasteiger partial charge in [0, 0.05) is 57.9 Å². The van der Waals surface area contributed by atoms with E-state index in [9.17, 15) is 19.5 Å². The Morgan fingerprint density at radius 3 is 2.38 bits per heavy atom. The average molecular weight is 491 g/mol. The van der Waals surface area contributed by atoms with Gasteiger partial charge in [-0.05, 0) is 18.1 Å². The highest BCUT2D eigenvalue weighted by atomic mass is 32.1. The minimum absolute atomic E-state index is 0.0144. The molecule has 3 rings (SSSR count). The second kappa shape index (κ2) is 11.7. The number of hydrogen-bond acceptors (Lipinski definition) is 9. The zero-order valence-electron chi connectivity index (χ0n) is 19.5. The molecule has 2 amide bonds. The molecule has 2 aromatic heterocycles. The van der Waals surface area contributed by atoms with Crippen molar-refractivity contribution in [1.29, 1.82) is 0 Å². The summed E-state index contributed by atoms with van der Waals surface area (Å²) in [5.41, 5.74) is 1.80. The van der Waals surface area contributed by atoms with E-state index in [2.05, 4.69) is 25.4 Å². The van der Waals surface area contributed by atoms with Gasteiger partial charge >= 0.3 is 5.97 Å². The Balaban J connectivity index is 1.66. The Bertz CT molecular complexity index is 991. The molecule has 3 N–H and O–H groups in total. The van der Waals surface area contributed by atoms with Gasteiger partial charge in [0.2, 0.25) is 5.91 Å². The summed E-state index contributed by atoms with van der Waals surface area (Å²) in [6, 6.07) is 2.71. The molecule has 0 bridgehead atoms. The lowest BCUT2D eigenvalue weighted by atomic mass is 10.1. The lowest BCUT2D eigenvalue weighted by molar-refractivity contribution is -0.142. The van der Waals surface area contributed by atoms with Gasteiger partial charge in [0.1, 0.15) is 17.5 Å². The standard InChI is InChI=1S/C22H30N6O5S/c1-14(2)18-19(20(30)24-12-16(21(31)32)25-17(29)13-33-3)34-22(26-18)28-10-8-27(9-11-28)15-4-6-23-7-5-15/h4-7,14,16H,8-13H2,1-3H3,(H,24,30)(H,25,29)(H,31,32). The first-order chi connectivity index (χ1) is 16.3. The van der Waals surface area contributed by atoms with Crippen molar-refractivity contribution < 1.29 is 24.2 Å². The number of carbonyl (C=O) groups excluding carboxylic acids is 2. The maximum atomic E-state index is 12.9. The summed E-state index contributed by atoms with van der Waals surface area (Å²) < 4.78 is 4.70. The van der Waals surface area contributed by atoms with Gasteiger partial charge in [0.15, 0.2) is 5.13 Å². The van der Waals surface area contributed by atoms with Crippen LogP contribution in [0.15, 0.2) is 24.5 Å². The number of aliphatic carboxylic acids is 1. The summed E-state index contributed by atoms with van der Waals surface area (Å²) in [5, 5.41) is 15.1. The molecular weight excluding hydrogens is 460 g/mol. The minimum Gasteiger partial charge on any atom is -0.480 e. The number of methoxy groups -OCH3 is 1. The zero-order valence-corrected chi connectivity index (χ0v) is 20.3. The molecule has 1 aliphatic heterocycles. The maximum absolute atomic E-state index is 12.9. The van der Waals surface area contributed by atoms with Crippen LogP contribution >= 0.6 is 11.3 Å². The van der Waals surface area contributed by atoms with Gasteiger partial charge < -0.3 is 30.3 Å². The van der Waals surface area contributed by atoms with Crippen molar-refractivity contribution in [3.8, 4) is 0 Å². The van der Waals surface area contributed by atoms with E-state index in [1.54, 1.807) is 12.4 Å². The fourth-order valence-corrected chi connectivity index (χ4v) is 4.75. The number of carboxylic acids is 1. The molecular formula is C22H30N6O5S. The van der Waals surface area contributed by atoms with Crippen molar-refractivity contribution in [2.24, 2.45) is 0 Å². The van der Waals surface area contributed by atoms with Crippen molar-refractivity contribution in [1.82, 2.24) is 20.6 Å². The first-order valence-electron chi connectivity index (χ1n) is 11.0. The van der Waals surface area contributed by atoms with Crippen LogP contribution in [0.25, 0.3) is 0 Å². The van der Waals surface area contributed by atoms with Crippen LogP contribution in [-0.2, 0) is 14.3 Å². The van der Waals surface area contributed by atoms with Gasteiger partial charge in [-0.1, -0.05) is 25.2 Å². The first kappa shape index (κ1) is 25.4. The van der Waals surface area contributed by atoms with E-state index in [-0.39, 0.29) is 19.1 Å². The largest absolute Gasteiger partial charge is 0.480 e. The summed E-state index contributed by atoms with van der Waals surface area (Å²) in [6.07, 6.45) is 3.56. The van der Waals surface area contributed by atoms with Gasteiger partial charge in [0.05, 0.1) is 5.69 Å². The Labute approximate surface area is 202 Å². The third-order valence-corrected chi connectivity index (χ3v) is 6.48. The highest BCUT2D eigenvalue weighted by Crippen LogP contribution is 2.31. The predicted octanol–water partition coefficient (Wildman–Crippen LogP) is 0.934. The van der Waals surface area contributed by atoms with Crippen LogP contribution in [0.3, 0.4) is 0 Å². The number of nitrogens with zero attached hydrogens (tertiary/aromatic N) is 4. The first-order valence-corrected chi connectivity index (χ1v) is 11.8. The van der Waals surface area contributed by atoms with E-state index in [0.29, 0.717) is 10.6 Å². The van der Waals surface area contributed by atoms with Crippen LogP contribution in [-0.4, -0.2) is 85.3 Å². The number of thiazole rings is 1. The molecule has 0 saturated carbocycles. The van der Waals surface area contributed by atoms with Crippen LogP contribution in [0.4, 0.5) is 10.8 Å². The molecule has 1 aliphatic rings. The van der Waals surface area contributed by atoms with Gasteiger partial charge in [-0.15, -0.1) is 0 Å². The van der Waals surface area contributed by atoms with E-state index >= 15 is 0 Å². The third kappa shape index (κ3) is 6.41. The maximum Gasteiger partial charge on any atom is 0.328 e. The second-order valence-electron chi connectivity index (χ2n) is 8.15. The van der Waals surface area contributed by atoms with E-state index in [1.165, 1.54) is 18.4 Å². The molecule has 0 aromatic carbocycles. The predicted molar refractivity (Wildman–Crippen MR) is 129 cm³/mol. The fourth-order valence-electron chi connectivity index (χ4n) is 3.56. The van der Waals surface area contributed by atoms with E-state index in [1.807, 2.05) is 26.0 Å². The number of nitrogens with one attached hydrogen (secondary N) is 2. The molecule has 2 aromatic rings. The van der Waals surface area contributed by atoms with Crippen molar-refractivity contribution in [2.45, 2.75) is 25.8 Å². The molecule has 0 radical (unpaired) electrons. The number of carboxylic acid groups (broad SMARTS) is 1. The van der Waals surface area contributed by atoms with Crippen molar-refractivity contribution in [2.75, 3.05) is 56.2 Å². The summed E-state index contributed by atoms with van der Waals surface area (Å²) in [6.45, 7) is 6.58. The Morgan fingerprint density at radius 1 is 1.15 bits per heavy atom. The van der Waals surface area contributed by atoms with Crippen molar-refractivity contribution in [3.05, 3.63) is 35.1 Å². The summed E-state index contributed by atoms with van der Waals surface area (Å²) in [7, 11) is 1.34. The van der Waals surface area contributed by atoms with Gasteiger partial charge in [-0.2, -0.15) is 0 Å². The smallest absolute Gasteiger partial charge is 0.328 e. The van der Waals surface area contributed by atoms with Crippen LogP contribution in [0.5, 0.6) is 0 Å². The normalized spacial score (nSPS) is 14.7. The van der Waals surface area contributed by atoms with Gasteiger partial charge in [0.25, 0.3) is 5.91 Å². The monoisotopic (exact) mass is 490 g/mol. The van der Waals surface area contributed by atoms with Crippen LogP contribution in [0.1, 0.15) is 35.1 Å². The van der Waals surface area contributed by atoms with Crippen molar-refractivity contribution in [3.63, 3.8) is 0 Å². The number of anilines is 2. The molecule has 184 valence electrons. The number of carbonyl (C=O) groups is 3.